The van der Waals surface area contributed by atoms with Crippen molar-refractivity contribution >= 4 is 41.3 Å². The maximum atomic E-state index is 5.83. The predicted octanol–water partition coefficient (Wildman–Crippen LogP) is 2.72. The molecule has 0 spiro atoms. The minimum absolute atomic E-state index is 0. The van der Waals surface area contributed by atoms with Crippen molar-refractivity contribution in [2.75, 3.05) is 6.54 Å². The van der Waals surface area contributed by atoms with Gasteiger partial charge in [-0.1, -0.05) is 6.07 Å². The molecule has 0 aliphatic rings. The molecule has 0 aliphatic carbocycles. The second-order valence-electron chi connectivity index (χ2n) is 4.23. The number of aryl methyl sites for hydroxylation is 1. The van der Waals surface area contributed by atoms with Gasteiger partial charge in [-0.15, -0.1) is 35.3 Å². The lowest BCUT2D eigenvalue weighted by Gasteiger charge is -2.05. The van der Waals surface area contributed by atoms with Crippen LogP contribution in [0.4, 0.5) is 0 Å². The van der Waals surface area contributed by atoms with Gasteiger partial charge in [-0.05, 0) is 36.1 Å². The number of halogens is 1. The molecule has 0 amide bonds. The lowest BCUT2D eigenvalue weighted by atomic mass is 10.3. The van der Waals surface area contributed by atoms with Gasteiger partial charge >= 0.3 is 0 Å². The lowest BCUT2D eigenvalue weighted by Crippen LogP contribution is -2.33. The fourth-order valence-corrected chi connectivity index (χ4v) is 2.47. The van der Waals surface area contributed by atoms with Crippen molar-refractivity contribution < 1.29 is 0 Å². The third kappa shape index (κ3) is 5.46. The molecular formula is C14H19IN4S. The molecule has 0 radical (unpaired) electrons. The summed E-state index contributed by atoms with van der Waals surface area (Å²) in [5.74, 6) is 0.490. The minimum Gasteiger partial charge on any atom is -0.370 e. The van der Waals surface area contributed by atoms with E-state index in [0.29, 0.717) is 12.5 Å². The van der Waals surface area contributed by atoms with Gasteiger partial charge in [-0.25, -0.2) is 4.99 Å². The fraction of sp³-hybridized carbons (Fsp3) is 0.286. The van der Waals surface area contributed by atoms with Gasteiger partial charge in [0.15, 0.2) is 5.96 Å². The van der Waals surface area contributed by atoms with E-state index in [-0.39, 0.29) is 24.0 Å². The van der Waals surface area contributed by atoms with Crippen LogP contribution in [0.1, 0.15) is 16.1 Å². The van der Waals surface area contributed by atoms with Crippen LogP contribution < -0.4 is 11.1 Å². The van der Waals surface area contributed by atoms with E-state index in [9.17, 15) is 0 Å². The highest BCUT2D eigenvalue weighted by Crippen LogP contribution is 2.15. The van der Waals surface area contributed by atoms with E-state index in [4.69, 9.17) is 5.73 Å². The standard InChI is InChI=1S/C14H18N4S.HI/c1-11-6-9-19-13(11)10-18-14(15)17-8-5-12-4-2-3-7-16-12;/h2-4,6-7,9H,5,8,10H2,1H3,(H3,15,17,18);1H. The second kappa shape index (κ2) is 8.91. The smallest absolute Gasteiger partial charge is 0.188 e. The molecular weight excluding hydrogens is 383 g/mol. The Balaban J connectivity index is 0.00000200. The Hall–Kier alpha value is -1.15. The molecule has 2 rings (SSSR count). The Bertz CT molecular complexity index is 539. The van der Waals surface area contributed by atoms with Crippen LogP contribution in [-0.4, -0.2) is 17.5 Å². The Morgan fingerprint density at radius 1 is 1.40 bits per heavy atom. The molecule has 0 bridgehead atoms. The van der Waals surface area contributed by atoms with Crippen molar-refractivity contribution in [3.63, 3.8) is 0 Å². The third-order valence-corrected chi connectivity index (χ3v) is 3.78. The zero-order valence-electron chi connectivity index (χ0n) is 11.4. The molecule has 0 atom stereocenters. The van der Waals surface area contributed by atoms with E-state index in [1.165, 1.54) is 10.4 Å². The normalized spacial score (nSPS) is 10.9. The molecule has 0 saturated carbocycles. The molecule has 0 aromatic carbocycles. The predicted molar refractivity (Wildman–Crippen MR) is 95.7 cm³/mol. The zero-order chi connectivity index (χ0) is 13.5. The van der Waals surface area contributed by atoms with Crippen LogP contribution in [0.5, 0.6) is 0 Å². The van der Waals surface area contributed by atoms with E-state index < -0.39 is 0 Å². The van der Waals surface area contributed by atoms with Crippen LogP contribution in [0.3, 0.4) is 0 Å². The number of hydrogen-bond acceptors (Lipinski definition) is 3. The number of guanidine groups is 1. The van der Waals surface area contributed by atoms with Crippen molar-refractivity contribution in [3.8, 4) is 0 Å². The van der Waals surface area contributed by atoms with E-state index in [0.717, 1.165) is 18.7 Å². The highest BCUT2D eigenvalue weighted by Gasteiger charge is 1.99. The van der Waals surface area contributed by atoms with Gasteiger partial charge in [0.2, 0.25) is 0 Å². The first kappa shape index (κ1) is 16.9. The zero-order valence-corrected chi connectivity index (χ0v) is 14.5. The van der Waals surface area contributed by atoms with Gasteiger partial charge in [-0.2, -0.15) is 0 Å². The summed E-state index contributed by atoms with van der Waals surface area (Å²) in [5, 5.41) is 5.18. The summed E-state index contributed by atoms with van der Waals surface area (Å²) in [4.78, 5) is 9.85. The molecule has 2 aromatic rings. The lowest BCUT2D eigenvalue weighted by molar-refractivity contribution is 0.828. The molecule has 0 unspecified atom stereocenters. The molecule has 2 aromatic heterocycles. The van der Waals surface area contributed by atoms with E-state index in [2.05, 4.69) is 33.7 Å². The second-order valence-corrected chi connectivity index (χ2v) is 5.23. The summed E-state index contributed by atoms with van der Waals surface area (Å²) < 4.78 is 0. The molecule has 108 valence electrons. The summed E-state index contributed by atoms with van der Waals surface area (Å²) in [7, 11) is 0. The molecule has 0 aliphatic heterocycles. The average molecular weight is 402 g/mol. The molecule has 20 heavy (non-hydrogen) atoms. The maximum absolute atomic E-state index is 5.83. The van der Waals surface area contributed by atoms with E-state index in [1.807, 2.05) is 18.2 Å². The number of nitrogens with zero attached hydrogens (tertiary/aromatic N) is 2. The average Bonchev–Trinajstić information content (AvgIpc) is 2.83. The van der Waals surface area contributed by atoms with Gasteiger partial charge in [-0.3, -0.25) is 4.98 Å². The largest absolute Gasteiger partial charge is 0.370 e. The first-order valence-corrected chi connectivity index (χ1v) is 7.10. The Labute approximate surface area is 140 Å². The Morgan fingerprint density at radius 2 is 2.25 bits per heavy atom. The van der Waals surface area contributed by atoms with Gasteiger partial charge in [0, 0.05) is 29.7 Å². The topological polar surface area (TPSA) is 63.3 Å². The number of aliphatic imine (C=N–C) groups is 1. The summed E-state index contributed by atoms with van der Waals surface area (Å²) in [6.07, 6.45) is 2.64. The maximum Gasteiger partial charge on any atom is 0.188 e. The number of nitrogens with one attached hydrogen (secondary N) is 1. The van der Waals surface area contributed by atoms with Gasteiger partial charge in [0.05, 0.1) is 6.54 Å². The van der Waals surface area contributed by atoms with Crippen LogP contribution in [0.2, 0.25) is 0 Å². The molecule has 4 nitrogen and oxygen atoms in total. The Morgan fingerprint density at radius 3 is 2.90 bits per heavy atom. The summed E-state index contributed by atoms with van der Waals surface area (Å²) >= 11 is 1.71. The number of nitrogens with two attached hydrogens (primary N) is 1. The van der Waals surface area contributed by atoms with Crippen molar-refractivity contribution in [3.05, 3.63) is 52.0 Å². The summed E-state index contributed by atoms with van der Waals surface area (Å²) in [5.41, 5.74) is 8.15. The third-order valence-electron chi connectivity index (χ3n) is 2.77. The van der Waals surface area contributed by atoms with E-state index in [1.54, 1.807) is 17.5 Å². The van der Waals surface area contributed by atoms with Crippen LogP contribution in [0, 0.1) is 6.92 Å². The fourth-order valence-electron chi connectivity index (χ4n) is 1.64. The van der Waals surface area contributed by atoms with E-state index >= 15 is 0 Å². The van der Waals surface area contributed by atoms with Crippen LogP contribution in [-0.2, 0) is 13.0 Å². The minimum atomic E-state index is 0. The quantitative estimate of drug-likeness (QED) is 0.459. The first-order chi connectivity index (χ1) is 9.25. The molecule has 6 heteroatoms. The number of thiophene rings is 1. The SMILES string of the molecule is Cc1ccsc1CN=C(N)NCCc1ccccn1.I. The summed E-state index contributed by atoms with van der Waals surface area (Å²) in [6, 6.07) is 8.00. The van der Waals surface area contributed by atoms with Crippen LogP contribution in [0.25, 0.3) is 0 Å². The molecule has 0 fully saturated rings. The monoisotopic (exact) mass is 402 g/mol. The highest BCUT2D eigenvalue weighted by atomic mass is 127. The van der Waals surface area contributed by atoms with Crippen molar-refractivity contribution in [2.45, 2.75) is 19.9 Å². The van der Waals surface area contributed by atoms with Crippen LogP contribution in [0.15, 0.2) is 40.8 Å². The first-order valence-electron chi connectivity index (χ1n) is 6.22. The Kier molecular flexibility index (Phi) is 7.53. The number of hydrogen-bond donors (Lipinski definition) is 2. The van der Waals surface area contributed by atoms with Crippen LogP contribution >= 0.6 is 35.3 Å². The van der Waals surface area contributed by atoms with Crippen molar-refractivity contribution in [1.29, 1.82) is 0 Å². The molecule has 0 saturated heterocycles. The van der Waals surface area contributed by atoms with Gasteiger partial charge < -0.3 is 11.1 Å². The molecule has 3 N–H and O–H groups in total. The number of rotatable bonds is 5. The van der Waals surface area contributed by atoms with Gasteiger partial charge in [0.1, 0.15) is 0 Å². The summed E-state index contributed by atoms with van der Waals surface area (Å²) in [6.45, 7) is 3.48. The van der Waals surface area contributed by atoms with Crippen molar-refractivity contribution in [2.24, 2.45) is 10.7 Å². The highest BCUT2D eigenvalue weighted by molar-refractivity contribution is 14.0. The number of aromatic nitrogens is 1. The van der Waals surface area contributed by atoms with Crippen molar-refractivity contribution in [1.82, 2.24) is 10.3 Å². The molecule has 2 heterocycles. The number of pyridine rings is 1. The van der Waals surface area contributed by atoms with Gasteiger partial charge in [0.25, 0.3) is 0 Å².